The number of thiol groups is 2. The van der Waals surface area contributed by atoms with Crippen LogP contribution in [0.15, 0.2) is 24.3 Å². The summed E-state index contributed by atoms with van der Waals surface area (Å²) in [6.45, 7) is 13.7. The molecule has 0 saturated carbocycles. The zero-order valence-corrected chi connectivity index (χ0v) is 24.8. The lowest BCUT2D eigenvalue weighted by molar-refractivity contribution is -0.116. The fourth-order valence-corrected chi connectivity index (χ4v) is 4.50. The Kier molecular flexibility index (Phi) is 22.8. The highest BCUT2D eigenvalue weighted by atomic mass is 32.1. The zero-order valence-electron chi connectivity index (χ0n) is 22.1. The van der Waals surface area contributed by atoms with Crippen LogP contribution in [0.5, 0.6) is 0 Å². The van der Waals surface area contributed by atoms with E-state index in [1.807, 2.05) is 24.3 Å². The number of carbonyl (C=O) groups excluding carboxylic acids is 2. The molecule has 0 amide bonds. The van der Waals surface area contributed by atoms with Gasteiger partial charge in [-0.25, -0.2) is 4.98 Å². The number of fused-ring (bicyclic) bond motifs is 1. The quantitative estimate of drug-likeness (QED) is 0.136. The molecule has 1 aromatic carbocycles. The van der Waals surface area contributed by atoms with E-state index in [0.29, 0.717) is 5.01 Å². The van der Waals surface area contributed by atoms with Gasteiger partial charge in [-0.2, -0.15) is 0 Å². The highest BCUT2D eigenvalue weighted by molar-refractivity contribution is 7.97. The van der Waals surface area contributed by atoms with Crippen molar-refractivity contribution < 1.29 is 9.59 Å². The van der Waals surface area contributed by atoms with Crippen molar-refractivity contribution in [1.29, 1.82) is 0 Å². The Morgan fingerprint density at radius 3 is 1.66 bits per heavy atom. The van der Waals surface area contributed by atoms with Crippen molar-refractivity contribution in [2.45, 2.75) is 91.4 Å². The van der Waals surface area contributed by atoms with E-state index in [1.54, 1.807) is 0 Å². The van der Waals surface area contributed by atoms with Crippen LogP contribution in [0.3, 0.4) is 0 Å². The first kappa shape index (κ1) is 34.1. The SMILES string of the molecule is CCCCNCCCC.CCCCNCCCC.O=C(S)CC(C(=O)S)c1nc2ccccc2s1. The van der Waals surface area contributed by atoms with Gasteiger partial charge in [-0.1, -0.05) is 65.5 Å². The smallest absolute Gasteiger partial charge is 0.196 e. The fourth-order valence-electron chi connectivity index (χ4n) is 2.95. The Bertz CT molecular complexity index is 740. The summed E-state index contributed by atoms with van der Waals surface area (Å²) in [6.07, 6.45) is 10.5. The van der Waals surface area contributed by atoms with Gasteiger partial charge in [0.25, 0.3) is 0 Å². The third kappa shape index (κ3) is 18.0. The molecule has 0 aliphatic heterocycles. The number of rotatable bonds is 16. The van der Waals surface area contributed by atoms with E-state index < -0.39 is 5.92 Å². The Balaban J connectivity index is 0.000000549. The molecule has 200 valence electrons. The molecule has 2 aromatic rings. The second kappa shape index (κ2) is 23.5. The van der Waals surface area contributed by atoms with Gasteiger partial charge in [-0.05, 0) is 64.0 Å². The maximum Gasteiger partial charge on any atom is 0.196 e. The Hall–Kier alpha value is -0.930. The number of nitrogens with zero attached hydrogens (tertiary/aromatic N) is 1. The number of aromatic nitrogens is 1. The van der Waals surface area contributed by atoms with E-state index in [1.165, 1.54) is 88.9 Å². The zero-order chi connectivity index (χ0) is 26.3. The molecule has 1 atom stereocenters. The molecule has 5 nitrogen and oxygen atoms in total. The lowest BCUT2D eigenvalue weighted by atomic mass is 10.1. The van der Waals surface area contributed by atoms with Crippen molar-refractivity contribution in [3.63, 3.8) is 0 Å². The van der Waals surface area contributed by atoms with Crippen LogP contribution >= 0.6 is 36.6 Å². The molecule has 0 saturated heterocycles. The van der Waals surface area contributed by atoms with Gasteiger partial charge < -0.3 is 10.6 Å². The molecule has 0 fully saturated rings. The Morgan fingerprint density at radius 1 is 0.829 bits per heavy atom. The van der Waals surface area contributed by atoms with Crippen molar-refractivity contribution in [3.05, 3.63) is 29.3 Å². The molecule has 2 rings (SSSR count). The molecule has 0 radical (unpaired) electrons. The van der Waals surface area contributed by atoms with E-state index in [2.05, 4.69) is 68.6 Å². The van der Waals surface area contributed by atoms with Crippen LogP contribution in [0.2, 0.25) is 0 Å². The fraction of sp³-hybridized carbons (Fsp3) is 0.667. The summed E-state index contributed by atoms with van der Waals surface area (Å²) >= 11 is 8.91. The molecule has 0 aliphatic carbocycles. The van der Waals surface area contributed by atoms with Crippen LogP contribution in [0.4, 0.5) is 0 Å². The third-order valence-electron chi connectivity index (χ3n) is 5.11. The molecule has 0 bridgehead atoms. The lowest BCUT2D eigenvalue weighted by Gasteiger charge is -2.06. The molecule has 1 heterocycles. The minimum absolute atomic E-state index is 0.0330. The number of thiazole rings is 1. The molecule has 1 aromatic heterocycles. The number of nitrogens with one attached hydrogen (secondary N) is 2. The predicted octanol–water partition coefficient (Wildman–Crippen LogP) is 7.04. The molecular weight excluding hydrogens is 495 g/mol. The molecule has 2 N–H and O–H groups in total. The third-order valence-corrected chi connectivity index (χ3v) is 6.76. The molecule has 0 spiro atoms. The summed E-state index contributed by atoms with van der Waals surface area (Å²) in [5.74, 6) is -0.597. The van der Waals surface area contributed by atoms with Gasteiger partial charge in [0.05, 0.1) is 16.1 Å². The average molecular weight is 542 g/mol. The first-order chi connectivity index (χ1) is 16.9. The lowest BCUT2D eigenvalue weighted by Crippen LogP contribution is -2.15. The van der Waals surface area contributed by atoms with Gasteiger partial charge in [0.2, 0.25) is 0 Å². The summed E-state index contributed by atoms with van der Waals surface area (Å²) in [7, 11) is 0. The number of unbranched alkanes of at least 4 members (excludes halogenated alkanes) is 4. The van der Waals surface area contributed by atoms with Gasteiger partial charge in [0.1, 0.15) is 5.01 Å². The number of benzene rings is 1. The van der Waals surface area contributed by atoms with Gasteiger partial charge in [-0.15, -0.1) is 36.6 Å². The first-order valence-corrected chi connectivity index (χ1v) is 14.8. The second-order valence-corrected chi connectivity index (χ2v) is 10.4. The maximum atomic E-state index is 11.4. The van der Waals surface area contributed by atoms with Gasteiger partial charge >= 0.3 is 0 Å². The maximum absolute atomic E-state index is 11.4. The highest BCUT2D eigenvalue weighted by Gasteiger charge is 2.23. The standard InChI is InChI=1S/C11H9NO2S3.2C8H19N/c13-9(15)5-6(11(14)16)10-12-7-3-1-2-4-8(7)17-10;2*1-3-5-7-9-8-6-4-2/h1-4,6H,5H2,(H,13,15)(H,14,16);2*9H,3-8H2,1-2H3. The van der Waals surface area contributed by atoms with Gasteiger partial charge in [0.15, 0.2) is 10.2 Å². The second-order valence-electron chi connectivity index (χ2n) is 8.42. The largest absolute Gasteiger partial charge is 0.317 e. The van der Waals surface area contributed by atoms with Crippen LogP contribution in [-0.2, 0) is 9.59 Å². The summed E-state index contributed by atoms with van der Waals surface area (Å²) in [5.41, 5.74) is 0.832. The van der Waals surface area contributed by atoms with E-state index in [9.17, 15) is 9.59 Å². The number of para-hydroxylation sites is 1. The topological polar surface area (TPSA) is 71.1 Å². The van der Waals surface area contributed by atoms with Crippen molar-refractivity contribution in [1.82, 2.24) is 15.6 Å². The minimum atomic E-state index is -0.597. The van der Waals surface area contributed by atoms with Gasteiger partial charge in [0, 0.05) is 6.42 Å². The van der Waals surface area contributed by atoms with E-state index in [0.717, 1.165) is 10.2 Å². The van der Waals surface area contributed by atoms with E-state index >= 15 is 0 Å². The van der Waals surface area contributed by atoms with Crippen molar-refractivity contribution >= 4 is 57.0 Å². The molecule has 1 unspecified atom stereocenters. The number of hydrogen-bond donors (Lipinski definition) is 4. The molecule has 35 heavy (non-hydrogen) atoms. The van der Waals surface area contributed by atoms with Crippen molar-refractivity contribution in [2.24, 2.45) is 0 Å². The summed E-state index contributed by atoms with van der Waals surface area (Å²) in [6, 6.07) is 7.59. The summed E-state index contributed by atoms with van der Waals surface area (Å²) in [5, 5.41) is 6.70. The van der Waals surface area contributed by atoms with Crippen LogP contribution in [-0.4, -0.2) is 41.4 Å². The van der Waals surface area contributed by atoms with Gasteiger partial charge in [-0.3, -0.25) is 9.59 Å². The first-order valence-electron chi connectivity index (χ1n) is 13.1. The molecule has 0 aliphatic rings. The normalized spacial score (nSPS) is 11.3. The Morgan fingerprint density at radius 2 is 1.29 bits per heavy atom. The minimum Gasteiger partial charge on any atom is -0.317 e. The summed E-state index contributed by atoms with van der Waals surface area (Å²) < 4.78 is 0.994. The van der Waals surface area contributed by atoms with E-state index in [-0.39, 0.29) is 16.7 Å². The predicted molar refractivity (Wildman–Crippen MR) is 160 cm³/mol. The Labute approximate surface area is 228 Å². The summed E-state index contributed by atoms with van der Waals surface area (Å²) in [4.78, 5) is 26.8. The molecule has 8 heteroatoms. The monoisotopic (exact) mass is 541 g/mol. The van der Waals surface area contributed by atoms with E-state index in [4.69, 9.17) is 0 Å². The van der Waals surface area contributed by atoms with Crippen LogP contribution in [0.25, 0.3) is 10.2 Å². The number of hydrogen-bond acceptors (Lipinski definition) is 6. The van der Waals surface area contributed by atoms with Crippen molar-refractivity contribution in [3.8, 4) is 0 Å². The number of carbonyl (C=O) groups is 2. The van der Waals surface area contributed by atoms with Crippen LogP contribution in [0, 0.1) is 0 Å². The van der Waals surface area contributed by atoms with Crippen LogP contribution in [0.1, 0.15) is 96.4 Å². The highest BCUT2D eigenvalue weighted by Crippen LogP contribution is 2.31. The average Bonchev–Trinajstić information content (AvgIpc) is 3.27. The molecular formula is C27H47N3O2S3. The van der Waals surface area contributed by atoms with Crippen LogP contribution < -0.4 is 10.6 Å². The van der Waals surface area contributed by atoms with Crippen molar-refractivity contribution in [2.75, 3.05) is 26.2 Å².